The second kappa shape index (κ2) is 8.73. The van der Waals surface area contributed by atoms with Crippen LogP contribution in [-0.4, -0.2) is 39.6 Å². The Labute approximate surface area is 163 Å². The Morgan fingerprint density at radius 2 is 1.96 bits per heavy atom. The van der Waals surface area contributed by atoms with Crippen molar-refractivity contribution in [2.75, 3.05) is 17.8 Å². The number of hydrogen-bond donors (Lipinski definition) is 0. The third kappa shape index (κ3) is 4.49. The summed E-state index contributed by atoms with van der Waals surface area (Å²) in [4.78, 5) is 14.7. The Morgan fingerprint density at radius 3 is 2.67 bits per heavy atom. The van der Waals surface area contributed by atoms with Gasteiger partial charge in [-0.1, -0.05) is 36.0 Å². The Balaban J connectivity index is 1.75. The Bertz CT molecular complexity index is 896. The van der Waals surface area contributed by atoms with Crippen LogP contribution in [0.4, 0.5) is 5.69 Å². The molecule has 0 atom stereocenters. The molecule has 0 spiro atoms. The fraction of sp³-hybridized carbons (Fsp3) is 0.250. The number of aromatic nitrogens is 3. The highest BCUT2D eigenvalue weighted by Gasteiger charge is 2.20. The number of nitrogens with zero attached hydrogens (tertiary/aromatic N) is 4. The predicted octanol–water partition coefficient (Wildman–Crippen LogP) is 3.81. The molecule has 1 aromatic heterocycles. The van der Waals surface area contributed by atoms with Gasteiger partial charge in [-0.05, 0) is 38.1 Å². The van der Waals surface area contributed by atoms with Crippen LogP contribution in [0.1, 0.15) is 13.8 Å². The van der Waals surface area contributed by atoms with Crippen molar-refractivity contribution in [3.8, 4) is 11.4 Å². The molecule has 0 fully saturated rings. The summed E-state index contributed by atoms with van der Waals surface area (Å²) < 4.78 is 7.13. The monoisotopic (exact) mass is 382 g/mol. The van der Waals surface area contributed by atoms with Gasteiger partial charge < -0.3 is 9.64 Å². The van der Waals surface area contributed by atoms with Crippen molar-refractivity contribution < 1.29 is 9.53 Å². The molecule has 0 aliphatic rings. The molecule has 0 saturated carbocycles. The smallest absolute Gasteiger partial charge is 0.237 e. The van der Waals surface area contributed by atoms with Crippen molar-refractivity contribution in [3.63, 3.8) is 0 Å². The number of anilines is 1. The minimum absolute atomic E-state index is 0.0291. The first-order chi connectivity index (χ1) is 13.1. The molecule has 0 aliphatic heterocycles. The van der Waals surface area contributed by atoms with E-state index in [4.69, 9.17) is 4.74 Å². The van der Waals surface area contributed by atoms with E-state index in [2.05, 4.69) is 10.2 Å². The van der Waals surface area contributed by atoms with Gasteiger partial charge >= 0.3 is 0 Å². The molecule has 1 amide bonds. The quantitative estimate of drug-likeness (QED) is 0.582. The van der Waals surface area contributed by atoms with E-state index in [1.807, 2.05) is 73.0 Å². The molecule has 1 heterocycles. The van der Waals surface area contributed by atoms with Crippen LogP contribution in [0, 0.1) is 0 Å². The van der Waals surface area contributed by atoms with E-state index < -0.39 is 0 Å². The van der Waals surface area contributed by atoms with Gasteiger partial charge in [0.25, 0.3) is 0 Å². The van der Waals surface area contributed by atoms with Crippen LogP contribution in [0.5, 0.6) is 5.75 Å². The maximum absolute atomic E-state index is 12.9. The van der Waals surface area contributed by atoms with Crippen molar-refractivity contribution in [1.29, 1.82) is 0 Å². The molecule has 0 aliphatic carbocycles. The van der Waals surface area contributed by atoms with Crippen LogP contribution in [0.3, 0.4) is 0 Å². The van der Waals surface area contributed by atoms with Crippen molar-refractivity contribution in [2.45, 2.75) is 25.0 Å². The zero-order chi connectivity index (χ0) is 19.2. The number of ether oxygens (including phenoxy) is 1. The summed E-state index contributed by atoms with van der Waals surface area (Å²) in [6, 6.07) is 17.4. The Kier molecular flexibility index (Phi) is 6.13. The lowest BCUT2D eigenvalue weighted by Crippen LogP contribution is -2.38. The predicted molar refractivity (Wildman–Crippen MR) is 108 cm³/mol. The van der Waals surface area contributed by atoms with Crippen LogP contribution >= 0.6 is 11.8 Å². The summed E-state index contributed by atoms with van der Waals surface area (Å²) >= 11 is 1.37. The molecule has 6 nitrogen and oxygen atoms in total. The molecule has 3 aromatic rings. The number of rotatable bonds is 7. The minimum Gasteiger partial charge on any atom is -0.497 e. The molecule has 0 bridgehead atoms. The number of para-hydroxylation sites is 1. The van der Waals surface area contributed by atoms with E-state index in [9.17, 15) is 4.79 Å². The third-order valence-electron chi connectivity index (χ3n) is 3.99. The van der Waals surface area contributed by atoms with Gasteiger partial charge in [-0.15, -0.1) is 10.2 Å². The number of methoxy groups -OCH3 is 1. The molecular formula is C20H22N4O2S. The zero-order valence-electron chi connectivity index (χ0n) is 15.6. The second-order valence-electron chi connectivity index (χ2n) is 6.17. The third-order valence-corrected chi connectivity index (χ3v) is 4.92. The number of carbonyl (C=O) groups excluding carboxylic acids is 1. The fourth-order valence-corrected chi connectivity index (χ4v) is 3.56. The van der Waals surface area contributed by atoms with Gasteiger partial charge in [0, 0.05) is 17.8 Å². The molecule has 7 heteroatoms. The van der Waals surface area contributed by atoms with Gasteiger partial charge in [-0.25, -0.2) is 0 Å². The lowest BCUT2D eigenvalue weighted by Gasteiger charge is -2.26. The van der Waals surface area contributed by atoms with E-state index in [1.165, 1.54) is 11.8 Å². The minimum atomic E-state index is 0.0291. The van der Waals surface area contributed by atoms with Crippen LogP contribution in [0.25, 0.3) is 5.69 Å². The topological polar surface area (TPSA) is 60.2 Å². The average molecular weight is 382 g/mol. The SMILES string of the molecule is COc1cccc(-n2cnnc2SCC(=O)N(c2ccccc2)C(C)C)c1. The molecule has 0 N–H and O–H groups in total. The van der Waals surface area contributed by atoms with E-state index in [0.29, 0.717) is 5.16 Å². The largest absolute Gasteiger partial charge is 0.497 e. The van der Waals surface area contributed by atoms with Crippen LogP contribution in [0.15, 0.2) is 66.1 Å². The lowest BCUT2D eigenvalue weighted by atomic mass is 10.2. The van der Waals surface area contributed by atoms with Gasteiger partial charge in [0.1, 0.15) is 12.1 Å². The number of carbonyl (C=O) groups is 1. The summed E-state index contributed by atoms with van der Waals surface area (Å²) in [5, 5.41) is 8.82. The van der Waals surface area contributed by atoms with E-state index in [-0.39, 0.29) is 17.7 Å². The summed E-state index contributed by atoms with van der Waals surface area (Å²) in [5.41, 5.74) is 1.78. The molecule has 2 aromatic carbocycles. The van der Waals surface area contributed by atoms with E-state index in [0.717, 1.165) is 17.1 Å². The average Bonchev–Trinajstić information content (AvgIpc) is 3.16. The Morgan fingerprint density at radius 1 is 1.19 bits per heavy atom. The lowest BCUT2D eigenvalue weighted by molar-refractivity contribution is -0.116. The maximum atomic E-state index is 12.9. The van der Waals surface area contributed by atoms with Crippen molar-refractivity contribution in [1.82, 2.24) is 14.8 Å². The van der Waals surface area contributed by atoms with Crippen LogP contribution < -0.4 is 9.64 Å². The standard InChI is InChI=1S/C20H22N4O2S/c1-15(2)24(16-8-5-4-6-9-16)19(25)13-27-20-22-21-14-23(20)17-10-7-11-18(12-17)26-3/h4-12,14-15H,13H2,1-3H3. The second-order valence-corrected chi connectivity index (χ2v) is 7.11. The highest BCUT2D eigenvalue weighted by molar-refractivity contribution is 7.99. The zero-order valence-corrected chi connectivity index (χ0v) is 16.4. The van der Waals surface area contributed by atoms with Crippen LogP contribution in [0.2, 0.25) is 0 Å². The fourth-order valence-electron chi connectivity index (χ4n) is 2.77. The molecule has 27 heavy (non-hydrogen) atoms. The van der Waals surface area contributed by atoms with Crippen LogP contribution in [-0.2, 0) is 4.79 Å². The summed E-state index contributed by atoms with van der Waals surface area (Å²) in [5.74, 6) is 1.06. The van der Waals surface area contributed by atoms with Crippen molar-refractivity contribution in [3.05, 3.63) is 60.9 Å². The number of benzene rings is 2. The number of thioether (sulfide) groups is 1. The highest BCUT2D eigenvalue weighted by atomic mass is 32.2. The summed E-state index contributed by atoms with van der Waals surface area (Å²) in [7, 11) is 1.63. The first kappa shape index (κ1) is 19.0. The first-order valence-corrected chi connectivity index (χ1v) is 9.63. The number of amides is 1. The molecule has 0 unspecified atom stereocenters. The van der Waals surface area contributed by atoms with Crippen molar-refractivity contribution >= 4 is 23.4 Å². The van der Waals surface area contributed by atoms with E-state index in [1.54, 1.807) is 18.3 Å². The summed E-state index contributed by atoms with van der Waals surface area (Å²) in [6.45, 7) is 4.02. The molecular weight excluding hydrogens is 360 g/mol. The highest BCUT2D eigenvalue weighted by Crippen LogP contribution is 2.24. The number of hydrogen-bond acceptors (Lipinski definition) is 5. The van der Waals surface area contributed by atoms with Crippen molar-refractivity contribution in [2.24, 2.45) is 0 Å². The van der Waals surface area contributed by atoms with Gasteiger partial charge in [0.05, 0.1) is 18.6 Å². The van der Waals surface area contributed by atoms with Gasteiger partial charge in [0.15, 0.2) is 5.16 Å². The molecule has 0 saturated heterocycles. The normalized spacial score (nSPS) is 10.8. The van der Waals surface area contributed by atoms with E-state index >= 15 is 0 Å². The maximum Gasteiger partial charge on any atom is 0.237 e. The van der Waals surface area contributed by atoms with Gasteiger partial charge in [0.2, 0.25) is 5.91 Å². The first-order valence-electron chi connectivity index (χ1n) is 8.64. The molecule has 140 valence electrons. The van der Waals surface area contributed by atoms with Gasteiger partial charge in [-0.3, -0.25) is 9.36 Å². The molecule has 0 radical (unpaired) electrons. The Hall–Kier alpha value is -2.80. The molecule has 3 rings (SSSR count). The summed E-state index contributed by atoms with van der Waals surface area (Å²) in [6.07, 6.45) is 1.64. The van der Waals surface area contributed by atoms with Gasteiger partial charge in [-0.2, -0.15) is 0 Å².